The van der Waals surface area contributed by atoms with Crippen molar-refractivity contribution >= 4 is 5.96 Å². The largest absolute Gasteiger partial charge is 0.368 e. The van der Waals surface area contributed by atoms with Crippen LogP contribution in [0.25, 0.3) is 0 Å². The maximum absolute atomic E-state index is 11.3. The topological polar surface area (TPSA) is 79.9 Å². The number of nitrogens with zero attached hydrogens (tertiary/aromatic N) is 1. The lowest BCUT2D eigenvalue weighted by molar-refractivity contribution is -0.126. The number of alkyl halides is 2. The van der Waals surface area contributed by atoms with Gasteiger partial charge in [-0.3, -0.25) is 5.21 Å². The quantitative estimate of drug-likeness (QED) is 0.230. The van der Waals surface area contributed by atoms with Gasteiger partial charge < -0.3 is 10.5 Å². The summed E-state index contributed by atoms with van der Waals surface area (Å²) in [7, 11) is 0. The summed E-state index contributed by atoms with van der Waals surface area (Å²) >= 11 is 0. The van der Waals surface area contributed by atoms with Crippen molar-refractivity contribution in [2.24, 2.45) is 10.7 Å². The average Bonchev–Trinajstić information content (AvgIpc) is 1.97. The number of hydrogen-bond donors (Lipinski definition) is 3. The van der Waals surface area contributed by atoms with Gasteiger partial charge in [0.25, 0.3) is 0 Å². The molecule has 11 heavy (non-hydrogen) atoms. The summed E-state index contributed by atoms with van der Waals surface area (Å²) in [6.45, 7) is -3.06. The van der Waals surface area contributed by atoms with Gasteiger partial charge >= 0.3 is 6.61 Å². The molecule has 0 fully saturated rings. The van der Waals surface area contributed by atoms with Crippen LogP contribution in [0.3, 0.4) is 0 Å². The van der Waals surface area contributed by atoms with Crippen molar-refractivity contribution in [3.63, 3.8) is 0 Å². The molecule has 0 heterocycles. The maximum Gasteiger partial charge on any atom is 0.345 e. The molecule has 4 N–H and O–H groups in total. The maximum atomic E-state index is 11.3. The molecule has 5 nitrogen and oxygen atoms in total. The number of hydroxylamine groups is 1. The SMILES string of the molecule is NC(=NCCOC(F)F)NO. The van der Waals surface area contributed by atoms with Crippen LogP contribution in [-0.2, 0) is 4.74 Å². The fourth-order valence-corrected chi connectivity index (χ4v) is 0.343. The summed E-state index contributed by atoms with van der Waals surface area (Å²) in [6.07, 6.45) is 0. The van der Waals surface area contributed by atoms with Crippen molar-refractivity contribution < 1.29 is 18.7 Å². The molecular formula is C4H9F2N3O2. The van der Waals surface area contributed by atoms with E-state index in [0.717, 1.165) is 0 Å². The predicted octanol–water partition coefficient (Wildman–Crippen LogP) is -0.481. The lowest BCUT2D eigenvalue weighted by Gasteiger charge is -1.99. The third-order valence-corrected chi connectivity index (χ3v) is 0.732. The lowest BCUT2D eigenvalue weighted by atomic mass is 10.7. The molecule has 0 saturated heterocycles. The minimum Gasteiger partial charge on any atom is -0.368 e. The van der Waals surface area contributed by atoms with E-state index in [-0.39, 0.29) is 19.1 Å². The highest BCUT2D eigenvalue weighted by Crippen LogP contribution is 1.92. The second-order valence-corrected chi connectivity index (χ2v) is 1.51. The fraction of sp³-hybridized carbons (Fsp3) is 0.750. The molecule has 0 amide bonds. The van der Waals surface area contributed by atoms with Crippen LogP contribution in [0.4, 0.5) is 8.78 Å². The van der Waals surface area contributed by atoms with Crippen LogP contribution in [0.15, 0.2) is 4.99 Å². The van der Waals surface area contributed by atoms with Gasteiger partial charge in [0.1, 0.15) is 0 Å². The van der Waals surface area contributed by atoms with Gasteiger partial charge in [0.15, 0.2) is 0 Å². The number of halogens is 2. The Morgan fingerprint density at radius 3 is 2.82 bits per heavy atom. The number of ether oxygens (including phenoxy) is 1. The van der Waals surface area contributed by atoms with Crippen molar-refractivity contribution in [3.8, 4) is 0 Å². The van der Waals surface area contributed by atoms with Gasteiger partial charge in [-0.1, -0.05) is 0 Å². The molecular weight excluding hydrogens is 160 g/mol. The highest BCUT2D eigenvalue weighted by molar-refractivity contribution is 5.76. The second kappa shape index (κ2) is 5.81. The van der Waals surface area contributed by atoms with E-state index in [1.807, 2.05) is 0 Å². The summed E-state index contributed by atoms with van der Waals surface area (Å²) in [5.41, 5.74) is 6.47. The molecule has 0 unspecified atom stereocenters. The van der Waals surface area contributed by atoms with Crippen molar-refractivity contribution in [1.82, 2.24) is 5.48 Å². The summed E-state index contributed by atoms with van der Waals surface area (Å²) in [6, 6.07) is 0. The first kappa shape index (κ1) is 10.0. The van der Waals surface area contributed by atoms with Crippen LogP contribution in [-0.4, -0.2) is 30.9 Å². The van der Waals surface area contributed by atoms with E-state index >= 15 is 0 Å². The van der Waals surface area contributed by atoms with Gasteiger partial charge in [-0.05, 0) is 0 Å². The second-order valence-electron chi connectivity index (χ2n) is 1.51. The average molecular weight is 169 g/mol. The van der Waals surface area contributed by atoms with E-state index in [9.17, 15) is 8.78 Å². The van der Waals surface area contributed by atoms with Crippen LogP contribution < -0.4 is 11.2 Å². The molecule has 0 aromatic heterocycles. The van der Waals surface area contributed by atoms with Gasteiger partial charge in [0.2, 0.25) is 5.96 Å². The van der Waals surface area contributed by atoms with E-state index in [4.69, 9.17) is 10.9 Å². The Balaban J connectivity index is 3.26. The van der Waals surface area contributed by atoms with Gasteiger partial charge in [-0.25, -0.2) is 10.5 Å². The zero-order chi connectivity index (χ0) is 8.69. The van der Waals surface area contributed by atoms with Gasteiger partial charge in [-0.2, -0.15) is 8.78 Å². The highest BCUT2D eigenvalue weighted by atomic mass is 19.3. The molecule has 0 rings (SSSR count). The van der Waals surface area contributed by atoms with Crippen molar-refractivity contribution in [2.45, 2.75) is 6.61 Å². The van der Waals surface area contributed by atoms with E-state index in [1.165, 1.54) is 5.48 Å². The monoisotopic (exact) mass is 169 g/mol. The van der Waals surface area contributed by atoms with Gasteiger partial charge in [0, 0.05) is 0 Å². The molecule has 0 aliphatic rings. The summed E-state index contributed by atoms with van der Waals surface area (Å²) in [5, 5.41) is 8.05. The van der Waals surface area contributed by atoms with Crippen LogP contribution in [0, 0.1) is 0 Å². The van der Waals surface area contributed by atoms with E-state index in [2.05, 4.69) is 9.73 Å². The molecule has 0 aromatic carbocycles. The molecule has 0 aromatic rings. The fourth-order valence-electron chi connectivity index (χ4n) is 0.343. The number of nitrogens with two attached hydrogens (primary N) is 1. The van der Waals surface area contributed by atoms with Crippen molar-refractivity contribution in [2.75, 3.05) is 13.2 Å². The Labute approximate surface area is 61.8 Å². The van der Waals surface area contributed by atoms with Crippen LogP contribution >= 0.6 is 0 Å². The Morgan fingerprint density at radius 1 is 1.73 bits per heavy atom. The molecule has 0 aliphatic carbocycles. The number of aliphatic imine (C=N–C) groups is 1. The molecule has 0 spiro atoms. The molecule has 0 atom stereocenters. The molecule has 0 bridgehead atoms. The summed E-state index contributed by atoms with van der Waals surface area (Å²) in [5.74, 6) is -0.233. The first-order valence-electron chi connectivity index (χ1n) is 2.76. The Kier molecular flexibility index (Phi) is 5.30. The van der Waals surface area contributed by atoms with Crippen molar-refractivity contribution in [1.29, 1.82) is 0 Å². The molecule has 0 aliphatic heterocycles. The minimum absolute atomic E-state index is 0.0241. The number of rotatable bonds is 4. The zero-order valence-electron chi connectivity index (χ0n) is 5.63. The minimum atomic E-state index is -2.80. The molecule has 7 heteroatoms. The van der Waals surface area contributed by atoms with Crippen LogP contribution in [0.2, 0.25) is 0 Å². The standard InChI is InChI=1S/C4H9F2N3O2/c5-3(6)11-2-1-8-4(7)9-10/h3,10H,1-2H2,(H3,7,8,9). The highest BCUT2D eigenvalue weighted by Gasteiger charge is 1.98. The summed E-state index contributed by atoms with van der Waals surface area (Å²) in [4.78, 5) is 3.39. The normalized spacial score (nSPS) is 12.2. The third-order valence-electron chi connectivity index (χ3n) is 0.732. The summed E-state index contributed by atoms with van der Waals surface area (Å²) < 4.78 is 26.4. The number of guanidine groups is 1. The number of nitrogens with one attached hydrogen (secondary N) is 1. The van der Waals surface area contributed by atoms with Gasteiger partial charge in [0.05, 0.1) is 13.2 Å². The van der Waals surface area contributed by atoms with E-state index in [1.54, 1.807) is 0 Å². The van der Waals surface area contributed by atoms with Gasteiger partial charge in [-0.15, -0.1) is 0 Å². The molecule has 66 valence electrons. The van der Waals surface area contributed by atoms with Crippen LogP contribution in [0.1, 0.15) is 0 Å². The number of hydrogen-bond acceptors (Lipinski definition) is 3. The predicted molar refractivity (Wildman–Crippen MR) is 33.4 cm³/mol. The zero-order valence-corrected chi connectivity index (χ0v) is 5.63. The third kappa shape index (κ3) is 6.94. The Bertz CT molecular complexity index is 131. The molecule has 0 radical (unpaired) electrons. The first-order chi connectivity index (χ1) is 5.16. The van der Waals surface area contributed by atoms with Crippen molar-refractivity contribution in [3.05, 3.63) is 0 Å². The smallest absolute Gasteiger partial charge is 0.345 e. The lowest BCUT2D eigenvalue weighted by Crippen LogP contribution is -2.28. The van der Waals surface area contributed by atoms with Crippen LogP contribution in [0.5, 0.6) is 0 Å². The first-order valence-corrected chi connectivity index (χ1v) is 2.76. The Hall–Kier alpha value is -0.950. The Morgan fingerprint density at radius 2 is 2.36 bits per heavy atom. The van der Waals surface area contributed by atoms with E-state index < -0.39 is 6.61 Å². The van der Waals surface area contributed by atoms with E-state index in [0.29, 0.717) is 0 Å². The molecule has 0 saturated carbocycles.